The van der Waals surface area contributed by atoms with Crippen LogP contribution in [0.3, 0.4) is 0 Å². The van der Waals surface area contributed by atoms with Crippen LogP contribution in [-0.2, 0) is 4.79 Å². The highest BCUT2D eigenvalue weighted by atomic mass is 32.2. The molecule has 0 radical (unpaired) electrons. The normalized spacial score (nSPS) is 11.5. The molecule has 0 spiro atoms. The first-order valence-corrected chi connectivity index (χ1v) is 13.5. The van der Waals surface area contributed by atoms with Crippen LogP contribution in [0.25, 0.3) is 22.6 Å². The highest BCUT2D eigenvalue weighted by molar-refractivity contribution is 8.00. The third-order valence-corrected chi connectivity index (χ3v) is 7.30. The lowest BCUT2D eigenvalue weighted by Crippen LogP contribution is -2.22. The fourth-order valence-corrected chi connectivity index (χ4v) is 5.02. The minimum atomic E-state index is -1.42. The number of carboxylic acid groups (broad SMARTS) is 2. The van der Waals surface area contributed by atoms with E-state index in [0.29, 0.717) is 27.7 Å². The van der Waals surface area contributed by atoms with Gasteiger partial charge < -0.3 is 25.3 Å². The van der Waals surface area contributed by atoms with Crippen LogP contribution in [0.2, 0.25) is 0 Å². The lowest BCUT2D eigenvalue weighted by molar-refractivity contribution is -0.115. The molecule has 10 nitrogen and oxygen atoms in total. The van der Waals surface area contributed by atoms with E-state index in [0.717, 1.165) is 23.2 Å². The van der Waals surface area contributed by atoms with Gasteiger partial charge in [-0.2, -0.15) is 0 Å². The number of carbonyl (C=O) groups is 4. The van der Waals surface area contributed by atoms with Crippen LogP contribution in [-0.4, -0.2) is 44.2 Å². The Morgan fingerprint density at radius 2 is 1.55 bits per heavy atom. The number of nitrogens with zero attached hydrogens (tertiary/aromatic N) is 1. The third kappa shape index (κ3) is 6.31. The molecule has 11 heteroatoms. The molecule has 0 bridgehead atoms. The van der Waals surface area contributed by atoms with Crippen LogP contribution in [0.1, 0.15) is 38.0 Å². The molecule has 5 rings (SSSR count). The van der Waals surface area contributed by atoms with Crippen molar-refractivity contribution < 1.29 is 33.8 Å². The number of hydrogen-bond donors (Lipinski definition) is 4. The molecule has 0 aliphatic carbocycles. The summed E-state index contributed by atoms with van der Waals surface area (Å²) in [5, 5.41) is 23.6. The monoisotopic (exact) mass is 581 g/mol. The van der Waals surface area contributed by atoms with E-state index in [9.17, 15) is 24.3 Å². The van der Waals surface area contributed by atoms with Gasteiger partial charge in [0.05, 0.1) is 21.9 Å². The van der Waals surface area contributed by atoms with Gasteiger partial charge in [0.1, 0.15) is 5.52 Å². The van der Waals surface area contributed by atoms with Gasteiger partial charge >= 0.3 is 11.9 Å². The van der Waals surface area contributed by atoms with Crippen molar-refractivity contribution in [2.75, 3.05) is 10.6 Å². The molecular weight excluding hydrogens is 558 g/mol. The predicted molar refractivity (Wildman–Crippen MR) is 158 cm³/mol. The van der Waals surface area contributed by atoms with Gasteiger partial charge in [0.15, 0.2) is 5.58 Å². The van der Waals surface area contributed by atoms with Crippen molar-refractivity contribution in [1.29, 1.82) is 0 Å². The first-order valence-electron chi connectivity index (χ1n) is 12.6. The molecule has 0 aliphatic rings. The van der Waals surface area contributed by atoms with Gasteiger partial charge in [0.2, 0.25) is 11.8 Å². The van der Waals surface area contributed by atoms with Gasteiger partial charge in [0.25, 0.3) is 5.91 Å². The summed E-state index contributed by atoms with van der Waals surface area (Å²) in [6.07, 6.45) is 0. The average molecular weight is 582 g/mol. The SMILES string of the molecule is CC(Sc1cccc(NC(=O)c2ccc(C(=O)O)cc2C(=O)O)c1)C(=O)Nc1ccc(-c2nc3ccccc3o2)cc1. The number of anilines is 2. The molecule has 210 valence electrons. The van der Waals surface area contributed by atoms with Crippen LogP contribution in [0.15, 0.2) is 100 Å². The highest BCUT2D eigenvalue weighted by Crippen LogP contribution is 2.28. The fraction of sp³-hybridized carbons (Fsp3) is 0.0645. The molecule has 2 amide bonds. The summed E-state index contributed by atoms with van der Waals surface area (Å²) in [5.74, 6) is -3.17. The van der Waals surface area contributed by atoms with E-state index in [-0.39, 0.29) is 17.0 Å². The Morgan fingerprint density at radius 3 is 2.26 bits per heavy atom. The number of para-hydroxylation sites is 2. The number of carboxylic acids is 2. The molecule has 1 aromatic heterocycles. The number of oxazole rings is 1. The second-order valence-corrected chi connectivity index (χ2v) is 10.6. The summed E-state index contributed by atoms with van der Waals surface area (Å²) >= 11 is 1.28. The number of carbonyl (C=O) groups excluding carboxylic acids is 2. The number of benzene rings is 4. The Morgan fingerprint density at radius 1 is 0.786 bits per heavy atom. The Bertz CT molecular complexity index is 1800. The zero-order valence-corrected chi connectivity index (χ0v) is 22.8. The second kappa shape index (κ2) is 12.0. The third-order valence-electron chi connectivity index (χ3n) is 6.21. The van der Waals surface area contributed by atoms with Crippen molar-refractivity contribution in [3.05, 3.63) is 108 Å². The lowest BCUT2D eigenvalue weighted by atomic mass is 10.0. The van der Waals surface area contributed by atoms with Crippen LogP contribution in [0.5, 0.6) is 0 Å². The smallest absolute Gasteiger partial charge is 0.336 e. The van der Waals surface area contributed by atoms with Gasteiger partial charge in [0, 0.05) is 21.8 Å². The van der Waals surface area contributed by atoms with Crippen molar-refractivity contribution in [2.45, 2.75) is 17.1 Å². The topological polar surface area (TPSA) is 159 Å². The summed E-state index contributed by atoms with van der Waals surface area (Å²) in [7, 11) is 0. The van der Waals surface area contributed by atoms with E-state index >= 15 is 0 Å². The maximum Gasteiger partial charge on any atom is 0.336 e. The molecule has 1 unspecified atom stereocenters. The molecule has 4 aromatic carbocycles. The van der Waals surface area contributed by atoms with Crippen LogP contribution in [0.4, 0.5) is 11.4 Å². The number of fused-ring (bicyclic) bond motifs is 1. The van der Waals surface area contributed by atoms with Crippen molar-refractivity contribution in [1.82, 2.24) is 4.98 Å². The van der Waals surface area contributed by atoms with E-state index in [1.54, 1.807) is 43.3 Å². The molecule has 1 heterocycles. The Kier molecular flexibility index (Phi) is 8.02. The fourth-order valence-electron chi connectivity index (χ4n) is 4.09. The summed E-state index contributed by atoms with van der Waals surface area (Å²) in [5.41, 5.74) is 2.37. The zero-order valence-electron chi connectivity index (χ0n) is 22.0. The molecule has 0 aliphatic heterocycles. The number of thioether (sulfide) groups is 1. The van der Waals surface area contributed by atoms with Crippen molar-refractivity contribution in [3.8, 4) is 11.5 Å². The molecule has 42 heavy (non-hydrogen) atoms. The van der Waals surface area contributed by atoms with Gasteiger partial charge in [-0.1, -0.05) is 18.2 Å². The summed E-state index contributed by atoms with van der Waals surface area (Å²) in [6, 6.07) is 24.7. The maximum absolute atomic E-state index is 12.9. The highest BCUT2D eigenvalue weighted by Gasteiger charge is 2.20. The minimum absolute atomic E-state index is 0.180. The van der Waals surface area contributed by atoms with Gasteiger partial charge in [-0.15, -0.1) is 11.8 Å². The van der Waals surface area contributed by atoms with Gasteiger partial charge in [-0.25, -0.2) is 14.6 Å². The first-order chi connectivity index (χ1) is 20.2. The maximum atomic E-state index is 12.9. The molecule has 0 saturated heterocycles. The quantitative estimate of drug-likeness (QED) is 0.147. The lowest BCUT2D eigenvalue weighted by Gasteiger charge is -2.13. The van der Waals surface area contributed by atoms with Crippen LogP contribution < -0.4 is 10.6 Å². The molecule has 0 saturated carbocycles. The van der Waals surface area contributed by atoms with Gasteiger partial charge in [-0.05, 0) is 79.7 Å². The van der Waals surface area contributed by atoms with E-state index in [1.165, 1.54) is 17.8 Å². The standard InChI is InChI=1S/C31H23N3O7S/c1-17(27(35)32-20-12-9-18(10-13-20)29-34-25-7-2-3-8-26(25)41-29)42-22-6-4-5-21(16-22)33-28(36)23-14-11-19(30(37)38)15-24(23)31(39)40/h2-17H,1H3,(H,32,35)(H,33,36)(H,37,38)(H,39,40). The number of rotatable bonds is 9. The Hall–Kier alpha value is -5.42. The minimum Gasteiger partial charge on any atom is -0.478 e. The Balaban J connectivity index is 1.21. The predicted octanol–water partition coefficient (Wildman–Crippen LogP) is 6.26. The van der Waals surface area contributed by atoms with E-state index in [2.05, 4.69) is 15.6 Å². The summed E-state index contributed by atoms with van der Waals surface area (Å²) in [4.78, 5) is 53.7. The molecule has 4 N–H and O–H groups in total. The van der Waals surface area contributed by atoms with Crippen LogP contribution >= 0.6 is 11.8 Å². The van der Waals surface area contributed by atoms with Gasteiger partial charge in [-0.3, -0.25) is 9.59 Å². The van der Waals surface area contributed by atoms with Crippen molar-refractivity contribution in [2.24, 2.45) is 0 Å². The second-order valence-electron chi connectivity index (χ2n) is 9.17. The summed E-state index contributed by atoms with van der Waals surface area (Å²) in [6.45, 7) is 1.75. The molecule has 0 fully saturated rings. The number of hydrogen-bond acceptors (Lipinski definition) is 7. The van der Waals surface area contributed by atoms with E-state index < -0.39 is 28.7 Å². The summed E-state index contributed by atoms with van der Waals surface area (Å²) < 4.78 is 5.79. The average Bonchev–Trinajstić information content (AvgIpc) is 3.41. The molecule has 5 aromatic rings. The number of aromatic carboxylic acids is 2. The number of amides is 2. The Labute approximate surface area is 243 Å². The first kappa shape index (κ1) is 28.1. The molecule has 1 atom stereocenters. The van der Waals surface area contributed by atoms with Crippen LogP contribution in [0, 0.1) is 0 Å². The van der Waals surface area contributed by atoms with E-state index in [1.807, 2.05) is 36.4 Å². The van der Waals surface area contributed by atoms with Crippen molar-refractivity contribution >= 4 is 58.0 Å². The zero-order chi connectivity index (χ0) is 29.8. The number of aromatic nitrogens is 1. The van der Waals surface area contributed by atoms with Crippen molar-refractivity contribution in [3.63, 3.8) is 0 Å². The largest absolute Gasteiger partial charge is 0.478 e. The number of nitrogens with one attached hydrogen (secondary N) is 2. The van der Waals surface area contributed by atoms with E-state index in [4.69, 9.17) is 9.52 Å². The molecular formula is C31H23N3O7S.